The fraction of sp³-hybridized carbons (Fsp3) is 1.00. The smallest absolute Gasteiger partial charge is 0.0626 e. The van der Waals surface area contributed by atoms with Crippen molar-refractivity contribution in [3.8, 4) is 0 Å². The zero-order chi connectivity index (χ0) is 17.7. The van der Waals surface area contributed by atoms with Crippen LogP contribution >= 0.6 is 0 Å². The van der Waals surface area contributed by atoms with Crippen molar-refractivity contribution in [2.45, 2.75) is 66.9 Å². The van der Waals surface area contributed by atoms with Gasteiger partial charge in [0, 0.05) is 19.6 Å². The van der Waals surface area contributed by atoms with Gasteiger partial charge in [0.25, 0.3) is 0 Å². The fourth-order valence-electron chi connectivity index (χ4n) is 4.08. The maximum absolute atomic E-state index is 6.55. The van der Waals surface area contributed by atoms with Crippen molar-refractivity contribution in [2.24, 2.45) is 28.6 Å². The van der Waals surface area contributed by atoms with Gasteiger partial charge in [-0.1, -0.05) is 48.0 Å². The second-order valence-corrected chi connectivity index (χ2v) is 8.68. The van der Waals surface area contributed by atoms with Gasteiger partial charge in [-0.15, -0.1) is 0 Å². The van der Waals surface area contributed by atoms with Crippen molar-refractivity contribution >= 4 is 0 Å². The molecule has 3 nitrogen and oxygen atoms in total. The molecule has 1 aliphatic rings. The lowest BCUT2D eigenvalue weighted by Gasteiger charge is -2.49. The maximum atomic E-state index is 6.55. The van der Waals surface area contributed by atoms with Gasteiger partial charge in [-0.25, -0.2) is 0 Å². The van der Waals surface area contributed by atoms with Crippen LogP contribution < -0.4 is 0 Å². The van der Waals surface area contributed by atoms with Crippen LogP contribution in [0.25, 0.3) is 0 Å². The summed E-state index contributed by atoms with van der Waals surface area (Å²) in [5.74, 6) is 1.81. The van der Waals surface area contributed by atoms with Crippen LogP contribution in [-0.4, -0.2) is 40.1 Å². The molecule has 23 heavy (non-hydrogen) atoms. The molecule has 138 valence electrons. The van der Waals surface area contributed by atoms with Gasteiger partial charge in [0.2, 0.25) is 0 Å². The summed E-state index contributed by atoms with van der Waals surface area (Å²) in [7, 11) is 3.57. The highest BCUT2D eigenvalue weighted by Gasteiger charge is 2.48. The lowest BCUT2D eigenvalue weighted by molar-refractivity contribution is -0.159. The van der Waals surface area contributed by atoms with Crippen molar-refractivity contribution in [3.63, 3.8) is 0 Å². The first-order chi connectivity index (χ1) is 10.7. The average Bonchev–Trinajstić information content (AvgIpc) is 2.46. The van der Waals surface area contributed by atoms with Gasteiger partial charge in [-0.05, 0) is 36.0 Å². The molecule has 1 aliphatic carbocycles. The van der Waals surface area contributed by atoms with Crippen LogP contribution in [0.3, 0.4) is 0 Å². The molecule has 2 unspecified atom stereocenters. The van der Waals surface area contributed by atoms with E-state index in [1.165, 1.54) is 19.3 Å². The quantitative estimate of drug-likeness (QED) is 0.609. The Labute approximate surface area is 144 Å². The topological polar surface area (TPSA) is 27.7 Å². The van der Waals surface area contributed by atoms with Crippen LogP contribution in [0, 0.1) is 28.6 Å². The van der Waals surface area contributed by atoms with Crippen LogP contribution in [0.4, 0.5) is 0 Å². The van der Waals surface area contributed by atoms with E-state index < -0.39 is 0 Å². The monoisotopic (exact) mass is 328 g/mol. The molecule has 2 atom stereocenters. The fourth-order valence-corrected chi connectivity index (χ4v) is 4.08. The lowest BCUT2D eigenvalue weighted by Crippen LogP contribution is -2.52. The molecule has 0 spiro atoms. The molecule has 1 fully saturated rings. The summed E-state index contributed by atoms with van der Waals surface area (Å²) in [6.45, 7) is 15.9. The van der Waals surface area contributed by atoms with E-state index in [0.717, 1.165) is 0 Å². The van der Waals surface area contributed by atoms with Crippen LogP contribution in [0.1, 0.15) is 60.8 Å². The van der Waals surface area contributed by atoms with Gasteiger partial charge >= 0.3 is 0 Å². The van der Waals surface area contributed by atoms with Gasteiger partial charge in [-0.3, -0.25) is 0 Å². The molecule has 0 bridgehead atoms. The van der Waals surface area contributed by atoms with E-state index in [9.17, 15) is 0 Å². The Morgan fingerprint density at radius 1 is 0.913 bits per heavy atom. The SMILES string of the molecule is COCC(COC)(COC1C(C)CCCC1C)C(C)(C)C(C)C. The summed E-state index contributed by atoms with van der Waals surface area (Å²) in [5.41, 5.74) is -0.0539. The number of ether oxygens (including phenoxy) is 3. The third-order valence-electron chi connectivity index (χ3n) is 6.64. The van der Waals surface area contributed by atoms with E-state index in [2.05, 4.69) is 41.5 Å². The minimum Gasteiger partial charge on any atom is -0.384 e. The molecule has 0 saturated heterocycles. The zero-order valence-corrected chi connectivity index (χ0v) is 16.8. The summed E-state index contributed by atoms with van der Waals surface area (Å²) in [5, 5.41) is 0. The standard InChI is InChI=1S/C20H40O3/c1-15(2)19(5,6)20(12-21-7,13-22-8)14-23-18-16(3)10-9-11-17(18)4/h15-18H,9-14H2,1-8H3. The predicted molar refractivity (Wildman–Crippen MR) is 96.7 cm³/mol. The molecule has 1 rings (SSSR count). The minimum absolute atomic E-state index is 0.0696. The van der Waals surface area contributed by atoms with Crippen LogP contribution in [0.2, 0.25) is 0 Å². The summed E-state index contributed by atoms with van der Waals surface area (Å²) >= 11 is 0. The van der Waals surface area contributed by atoms with E-state index in [4.69, 9.17) is 14.2 Å². The Kier molecular flexibility index (Phi) is 8.03. The van der Waals surface area contributed by atoms with E-state index >= 15 is 0 Å². The molecular formula is C20H40O3. The molecule has 3 heteroatoms. The first kappa shape index (κ1) is 20.9. The van der Waals surface area contributed by atoms with Crippen LogP contribution in [0.5, 0.6) is 0 Å². The third kappa shape index (κ3) is 4.70. The summed E-state index contributed by atoms with van der Waals surface area (Å²) in [6.07, 6.45) is 4.26. The lowest BCUT2D eigenvalue weighted by atomic mass is 9.61. The average molecular weight is 329 g/mol. The number of methoxy groups -OCH3 is 2. The second kappa shape index (κ2) is 8.82. The van der Waals surface area contributed by atoms with Crippen molar-refractivity contribution in [1.82, 2.24) is 0 Å². The van der Waals surface area contributed by atoms with Crippen LogP contribution in [0.15, 0.2) is 0 Å². The van der Waals surface area contributed by atoms with Crippen molar-refractivity contribution in [2.75, 3.05) is 34.0 Å². The van der Waals surface area contributed by atoms with Crippen molar-refractivity contribution in [3.05, 3.63) is 0 Å². The van der Waals surface area contributed by atoms with Gasteiger partial charge < -0.3 is 14.2 Å². The molecule has 0 amide bonds. The third-order valence-corrected chi connectivity index (χ3v) is 6.64. The molecule has 0 heterocycles. The highest BCUT2D eigenvalue weighted by atomic mass is 16.5. The van der Waals surface area contributed by atoms with E-state index in [-0.39, 0.29) is 10.8 Å². The maximum Gasteiger partial charge on any atom is 0.0626 e. The van der Waals surface area contributed by atoms with E-state index in [1.807, 2.05) is 0 Å². The van der Waals surface area contributed by atoms with Crippen molar-refractivity contribution < 1.29 is 14.2 Å². The Balaban J connectivity index is 2.95. The predicted octanol–water partition coefficient (Wildman–Crippen LogP) is 4.79. The second-order valence-electron chi connectivity index (χ2n) is 8.68. The van der Waals surface area contributed by atoms with E-state index in [1.54, 1.807) is 14.2 Å². The molecule has 1 saturated carbocycles. The van der Waals surface area contributed by atoms with E-state index in [0.29, 0.717) is 43.7 Å². The zero-order valence-electron chi connectivity index (χ0n) is 16.8. The summed E-state index contributed by atoms with van der Waals surface area (Å²) in [4.78, 5) is 0. The summed E-state index contributed by atoms with van der Waals surface area (Å²) in [6, 6.07) is 0. The molecular weight excluding hydrogens is 288 g/mol. The van der Waals surface area contributed by atoms with Gasteiger partial charge in [0.15, 0.2) is 0 Å². The first-order valence-corrected chi connectivity index (χ1v) is 9.31. The van der Waals surface area contributed by atoms with Crippen molar-refractivity contribution in [1.29, 1.82) is 0 Å². The molecule has 0 N–H and O–H groups in total. The number of rotatable bonds is 9. The van der Waals surface area contributed by atoms with Gasteiger partial charge in [0.05, 0.1) is 25.9 Å². The van der Waals surface area contributed by atoms with Crippen LogP contribution in [-0.2, 0) is 14.2 Å². The molecule has 0 radical (unpaired) electrons. The Morgan fingerprint density at radius 2 is 1.39 bits per heavy atom. The molecule has 0 aromatic rings. The largest absolute Gasteiger partial charge is 0.384 e. The Bertz CT molecular complexity index is 322. The number of hydrogen-bond donors (Lipinski definition) is 0. The normalized spacial score (nSPS) is 26.7. The minimum atomic E-state index is -0.123. The highest BCUT2D eigenvalue weighted by Crippen LogP contribution is 2.46. The molecule has 0 aliphatic heterocycles. The van der Waals surface area contributed by atoms with Gasteiger partial charge in [0.1, 0.15) is 0 Å². The summed E-state index contributed by atoms with van der Waals surface area (Å²) < 4.78 is 17.8. The molecule has 0 aromatic heterocycles. The number of hydrogen-bond acceptors (Lipinski definition) is 3. The first-order valence-electron chi connectivity index (χ1n) is 9.31. The Hall–Kier alpha value is -0.120. The van der Waals surface area contributed by atoms with Gasteiger partial charge in [-0.2, -0.15) is 0 Å². The highest BCUT2D eigenvalue weighted by molar-refractivity contribution is 4.95. The Morgan fingerprint density at radius 3 is 1.78 bits per heavy atom. The molecule has 0 aromatic carbocycles.